The zero-order chi connectivity index (χ0) is 26.3. The number of rotatable bonds is 5. The molecule has 0 saturated carbocycles. The second-order valence-corrected chi connectivity index (χ2v) is 10.3. The molecule has 1 heterocycles. The maximum absolute atomic E-state index is 9.95. The van der Waals surface area contributed by atoms with Crippen LogP contribution in [-0.4, -0.2) is 35.3 Å². The van der Waals surface area contributed by atoms with Gasteiger partial charge in [-0.3, -0.25) is 0 Å². The lowest BCUT2D eigenvalue weighted by Crippen LogP contribution is -2.24. The molecule has 4 heteroatoms. The summed E-state index contributed by atoms with van der Waals surface area (Å²) < 4.78 is 11.5. The van der Waals surface area contributed by atoms with E-state index < -0.39 is 18.5 Å². The summed E-state index contributed by atoms with van der Waals surface area (Å²) in [6, 6.07) is 40.8. The summed E-state index contributed by atoms with van der Waals surface area (Å²) in [7, 11) is 0. The number of fused-ring (bicyclic) bond motifs is 3. The van der Waals surface area contributed by atoms with Gasteiger partial charge in [0.25, 0.3) is 0 Å². The Morgan fingerprint density at radius 1 is 0.590 bits per heavy atom. The maximum atomic E-state index is 9.95. The minimum Gasteiger partial charge on any atom is -0.465 e. The van der Waals surface area contributed by atoms with Gasteiger partial charge in [-0.1, -0.05) is 78.9 Å². The molecule has 0 aliphatic carbocycles. The number of benzene rings is 6. The third-order valence-electron chi connectivity index (χ3n) is 7.71. The van der Waals surface area contributed by atoms with Gasteiger partial charge in [-0.25, -0.2) is 0 Å². The molecule has 3 atom stereocenters. The Morgan fingerprint density at radius 3 is 1.59 bits per heavy atom. The first kappa shape index (κ1) is 23.9. The van der Waals surface area contributed by atoms with E-state index in [1.807, 2.05) is 18.2 Å². The van der Waals surface area contributed by atoms with Crippen LogP contribution in [0.2, 0.25) is 0 Å². The van der Waals surface area contributed by atoms with Crippen LogP contribution in [0.15, 0.2) is 115 Å². The largest absolute Gasteiger partial charge is 0.465 e. The summed E-state index contributed by atoms with van der Waals surface area (Å²) in [5, 5.41) is 26.4. The molecule has 1 aliphatic rings. The van der Waals surface area contributed by atoms with E-state index in [2.05, 4.69) is 97.1 Å². The van der Waals surface area contributed by atoms with E-state index in [1.165, 1.54) is 38.2 Å². The highest BCUT2D eigenvalue weighted by molar-refractivity contribution is 5.94. The molecule has 6 aromatic carbocycles. The number of aliphatic hydroxyl groups is 2. The fraction of sp³-hybridized carbons (Fsp3) is 0.143. The number of ether oxygens (including phenoxy) is 2. The lowest BCUT2D eigenvalue weighted by molar-refractivity contribution is -0.0931. The molecule has 0 radical (unpaired) electrons. The van der Waals surface area contributed by atoms with Gasteiger partial charge in [-0.15, -0.1) is 0 Å². The van der Waals surface area contributed by atoms with E-state index >= 15 is 0 Å². The van der Waals surface area contributed by atoms with Crippen LogP contribution in [0.5, 0.6) is 5.75 Å². The van der Waals surface area contributed by atoms with Crippen molar-refractivity contribution in [2.45, 2.75) is 24.9 Å². The van der Waals surface area contributed by atoms with Crippen molar-refractivity contribution < 1.29 is 19.7 Å². The predicted molar refractivity (Wildman–Crippen MR) is 157 cm³/mol. The molecule has 0 spiro atoms. The van der Waals surface area contributed by atoms with Crippen LogP contribution < -0.4 is 4.74 Å². The van der Waals surface area contributed by atoms with Crippen LogP contribution in [-0.2, 0) is 4.74 Å². The topological polar surface area (TPSA) is 58.9 Å². The van der Waals surface area contributed by atoms with Crippen molar-refractivity contribution in [3.05, 3.63) is 115 Å². The van der Waals surface area contributed by atoms with Gasteiger partial charge < -0.3 is 19.7 Å². The molecule has 4 nitrogen and oxygen atoms in total. The summed E-state index contributed by atoms with van der Waals surface area (Å²) in [6.07, 6.45) is -1.53. The molecular weight excluding hydrogens is 484 g/mol. The minimum atomic E-state index is -0.713. The van der Waals surface area contributed by atoms with Crippen molar-refractivity contribution in [3.63, 3.8) is 0 Å². The molecule has 192 valence electrons. The van der Waals surface area contributed by atoms with Gasteiger partial charge >= 0.3 is 0 Å². The Morgan fingerprint density at radius 2 is 1.05 bits per heavy atom. The summed E-state index contributed by atoms with van der Waals surface area (Å²) in [6.45, 7) is -0.220. The van der Waals surface area contributed by atoms with E-state index in [9.17, 15) is 10.2 Å². The molecule has 7 rings (SSSR count). The number of hydrogen-bond acceptors (Lipinski definition) is 4. The van der Waals surface area contributed by atoms with Crippen molar-refractivity contribution in [1.82, 2.24) is 0 Å². The van der Waals surface area contributed by atoms with Crippen molar-refractivity contribution in [1.29, 1.82) is 0 Å². The van der Waals surface area contributed by atoms with Gasteiger partial charge in [0.05, 0.1) is 12.7 Å². The third-order valence-corrected chi connectivity index (χ3v) is 7.71. The Balaban J connectivity index is 1.14. The van der Waals surface area contributed by atoms with Gasteiger partial charge in [0.15, 0.2) is 0 Å². The van der Waals surface area contributed by atoms with Crippen LogP contribution in [0.4, 0.5) is 0 Å². The first-order valence-electron chi connectivity index (χ1n) is 13.3. The number of hydrogen-bond donors (Lipinski definition) is 2. The zero-order valence-corrected chi connectivity index (χ0v) is 21.3. The highest BCUT2D eigenvalue weighted by Crippen LogP contribution is 2.33. The van der Waals surface area contributed by atoms with Crippen molar-refractivity contribution in [2.24, 2.45) is 0 Å². The smallest absolute Gasteiger partial charge is 0.202 e. The molecule has 6 aromatic rings. The first-order chi connectivity index (χ1) is 19.1. The van der Waals surface area contributed by atoms with Crippen LogP contribution >= 0.6 is 0 Å². The van der Waals surface area contributed by atoms with Crippen LogP contribution in [0.1, 0.15) is 6.42 Å². The van der Waals surface area contributed by atoms with E-state index in [1.54, 1.807) is 0 Å². The normalized spacial score (nSPS) is 19.2. The molecule has 0 aromatic heterocycles. The second-order valence-electron chi connectivity index (χ2n) is 10.3. The lowest BCUT2D eigenvalue weighted by atomic mass is 9.96. The summed E-state index contributed by atoms with van der Waals surface area (Å²) >= 11 is 0. The van der Waals surface area contributed by atoms with Gasteiger partial charge in [-0.05, 0) is 91.0 Å². The van der Waals surface area contributed by atoms with Crippen molar-refractivity contribution >= 4 is 32.3 Å². The molecule has 0 amide bonds. The minimum absolute atomic E-state index is 0.220. The Kier molecular flexibility index (Phi) is 6.01. The standard InChI is InChI=1S/C35H28O4/c36-21-34-33(37)20-35(39-34)38-32-14-13-30-18-29(11-12-31(30)19-32)28-10-9-26-16-25(7-8-27(26)17-28)24-6-5-22-3-1-2-4-23(22)15-24/h1-19,33-37H,20-21H2/t33-,34+,35?/m0/s1. The summed E-state index contributed by atoms with van der Waals surface area (Å²) in [5.41, 5.74) is 4.77. The lowest BCUT2D eigenvalue weighted by Gasteiger charge is -2.15. The molecule has 1 fully saturated rings. The fourth-order valence-corrected chi connectivity index (χ4v) is 5.53. The van der Waals surface area contributed by atoms with E-state index in [-0.39, 0.29) is 6.61 Å². The highest BCUT2D eigenvalue weighted by Gasteiger charge is 2.34. The molecule has 1 unspecified atom stereocenters. The van der Waals surface area contributed by atoms with E-state index in [0.29, 0.717) is 12.2 Å². The second kappa shape index (κ2) is 9.83. The highest BCUT2D eigenvalue weighted by atomic mass is 16.7. The number of aliphatic hydroxyl groups excluding tert-OH is 2. The molecule has 0 bridgehead atoms. The fourth-order valence-electron chi connectivity index (χ4n) is 5.53. The molecule has 1 saturated heterocycles. The summed E-state index contributed by atoms with van der Waals surface area (Å²) in [4.78, 5) is 0. The van der Waals surface area contributed by atoms with Gasteiger partial charge in [0.2, 0.25) is 6.29 Å². The van der Waals surface area contributed by atoms with Crippen molar-refractivity contribution in [2.75, 3.05) is 6.61 Å². The Labute approximate surface area is 226 Å². The quantitative estimate of drug-likeness (QED) is 0.254. The summed E-state index contributed by atoms with van der Waals surface area (Å²) in [5.74, 6) is 0.680. The Hall–Kier alpha value is -4.22. The molecule has 2 N–H and O–H groups in total. The van der Waals surface area contributed by atoms with Gasteiger partial charge in [0, 0.05) is 6.42 Å². The van der Waals surface area contributed by atoms with Gasteiger partial charge in [-0.2, -0.15) is 0 Å². The van der Waals surface area contributed by atoms with Crippen LogP contribution in [0, 0.1) is 0 Å². The van der Waals surface area contributed by atoms with E-state index in [4.69, 9.17) is 9.47 Å². The third kappa shape index (κ3) is 4.64. The Bertz CT molecular complexity index is 1830. The maximum Gasteiger partial charge on any atom is 0.202 e. The van der Waals surface area contributed by atoms with Crippen LogP contribution in [0.3, 0.4) is 0 Å². The molecular formula is C35H28O4. The first-order valence-corrected chi connectivity index (χ1v) is 13.3. The SMILES string of the molecule is OC[C@H]1OC(Oc2ccc3cc(-c4ccc5cc(-c6ccc7ccccc7c6)ccc5c4)ccc3c2)C[C@@H]1O. The van der Waals surface area contributed by atoms with Crippen LogP contribution in [0.25, 0.3) is 54.6 Å². The molecule has 39 heavy (non-hydrogen) atoms. The molecule has 1 aliphatic heterocycles. The zero-order valence-electron chi connectivity index (χ0n) is 21.3. The van der Waals surface area contributed by atoms with Crippen molar-refractivity contribution in [3.8, 4) is 28.0 Å². The predicted octanol–water partition coefficient (Wildman–Crippen LogP) is 7.33. The average Bonchev–Trinajstić information content (AvgIpc) is 3.34. The van der Waals surface area contributed by atoms with E-state index in [0.717, 1.165) is 16.3 Å². The average molecular weight is 513 g/mol. The monoisotopic (exact) mass is 512 g/mol. The van der Waals surface area contributed by atoms with Gasteiger partial charge in [0.1, 0.15) is 11.9 Å².